The van der Waals surface area contributed by atoms with Gasteiger partial charge in [-0.05, 0) is 43.2 Å². The van der Waals surface area contributed by atoms with E-state index in [1.807, 2.05) is 31.2 Å². The zero-order valence-electron chi connectivity index (χ0n) is 12.2. The van der Waals surface area contributed by atoms with Crippen LogP contribution in [0.15, 0.2) is 24.3 Å². The van der Waals surface area contributed by atoms with Gasteiger partial charge in [-0.15, -0.1) is 0 Å². The molecule has 1 atom stereocenters. The van der Waals surface area contributed by atoms with Crippen LogP contribution in [-0.2, 0) is 11.2 Å². The fourth-order valence-corrected chi connectivity index (χ4v) is 2.30. The van der Waals surface area contributed by atoms with E-state index in [-0.39, 0.29) is 12.5 Å². The molecule has 0 spiro atoms. The van der Waals surface area contributed by atoms with Crippen molar-refractivity contribution in [3.05, 3.63) is 35.4 Å². The van der Waals surface area contributed by atoms with Crippen LogP contribution in [0.2, 0.25) is 0 Å². The van der Waals surface area contributed by atoms with Crippen LogP contribution in [0.1, 0.15) is 24.0 Å². The number of rotatable bonds is 8. The van der Waals surface area contributed by atoms with Gasteiger partial charge in [0, 0.05) is 12.6 Å². The zero-order chi connectivity index (χ0) is 15.3. The minimum Gasteiger partial charge on any atom is -0.372 e. The highest BCUT2D eigenvalue weighted by atomic mass is 19.4. The number of hydrogen-bond donors (Lipinski definition) is 1. The van der Waals surface area contributed by atoms with E-state index in [1.54, 1.807) is 0 Å². The Morgan fingerprint density at radius 3 is 2.62 bits per heavy atom. The first kappa shape index (κ1) is 16.3. The lowest BCUT2D eigenvalue weighted by atomic mass is 9.96. The third-order valence-electron chi connectivity index (χ3n) is 3.66. The third-order valence-corrected chi connectivity index (χ3v) is 3.66. The summed E-state index contributed by atoms with van der Waals surface area (Å²) in [4.78, 5) is 0. The molecule has 2 nitrogen and oxygen atoms in total. The summed E-state index contributed by atoms with van der Waals surface area (Å²) >= 11 is 0. The number of ether oxygens (including phenoxy) is 1. The van der Waals surface area contributed by atoms with Crippen molar-refractivity contribution in [3.8, 4) is 0 Å². The SMILES string of the molecule is Cc1ccccc1CC(CNC1CC1)COCC(F)(F)F. The van der Waals surface area contributed by atoms with E-state index >= 15 is 0 Å². The molecule has 2 rings (SSSR count). The smallest absolute Gasteiger partial charge is 0.372 e. The van der Waals surface area contributed by atoms with E-state index in [4.69, 9.17) is 4.74 Å². The van der Waals surface area contributed by atoms with Crippen LogP contribution in [0.3, 0.4) is 0 Å². The molecule has 21 heavy (non-hydrogen) atoms. The van der Waals surface area contributed by atoms with Gasteiger partial charge in [-0.3, -0.25) is 0 Å². The molecule has 1 aliphatic carbocycles. The Morgan fingerprint density at radius 2 is 2.00 bits per heavy atom. The van der Waals surface area contributed by atoms with Crippen LogP contribution in [0, 0.1) is 12.8 Å². The van der Waals surface area contributed by atoms with E-state index in [9.17, 15) is 13.2 Å². The third kappa shape index (κ3) is 6.48. The molecule has 1 unspecified atom stereocenters. The molecule has 0 heterocycles. The Morgan fingerprint density at radius 1 is 1.29 bits per heavy atom. The van der Waals surface area contributed by atoms with Crippen molar-refractivity contribution in [1.82, 2.24) is 5.32 Å². The standard InChI is InChI=1S/C16H22F3NO/c1-12-4-2-3-5-14(12)8-13(9-20-15-6-7-15)10-21-11-16(17,18)19/h2-5,13,15,20H,6-11H2,1H3. The molecule has 1 fully saturated rings. The lowest BCUT2D eigenvalue weighted by Gasteiger charge is -2.19. The number of hydrogen-bond acceptors (Lipinski definition) is 2. The molecule has 118 valence electrons. The highest BCUT2D eigenvalue weighted by Gasteiger charge is 2.28. The van der Waals surface area contributed by atoms with Crippen molar-refractivity contribution < 1.29 is 17.9 Å². The van der Waals surface area contributed by atoms with Crippen molar-refractivity contribution in [3.63, 3.8) is 0 Å². The Labute approximate surface area is 123 Å². The van der Waals surface area contributed by atoms with Crippen molar-refractivity contribution in [2.45, 2.75) is 38.4 Å². The summed E-state index contributed by atoms with van der Waals surface area (Å²) in [6, 6.07) is 8.54. The maximum absolute atomic E-state index is 12.2. The molecule has 0 aromatic heterocycles. The van der Waals surface area contributed by atoms with Gasteiger partial charge in [0.25, 0.3) is 0 Å². The summed E-state index contributed by atoms with van der Waals surface area (Å²) in [6.45, 7) is 1.70. The molecule has 5 heteroatoms. The van der Waals surface area contributed by atoms with Crippen LogP contribution in [0.5, 0.6) is 0 Å². The summed E-state index contributed by atoms with van der Waals surface area (Å²) in [7, 11) is 0. The molecular weight excluding hydrogens is 279 g/mol. The largest absolute Gasteiger partial charge is 0.411 e. The van der Waals surface area contributed by atoms with E-state index in [2.05, 4.69) is 5.32 Å². The maximum Gasteiger partial charge on any atom is 0.411 e. The van der Waals surface area contributed by atoms with E-state index < -0.39 is 12.8 Å². The minimum absolute atomic E-state index is 0.0639. The van der Waals surface area contributed by atoms with Gasteiger partial charge in [-0.2, -0.15) is 13.2 Å². The lowest BCUT2D eigenvalue weighted by Crippen LogP contribution is -2.30. The molecule has 0 bridgehead atoms. The van der Waals surface area contributed by atoms with Crippen molar-refractivity contribution in [2.24, 2.45) is 5.92 Å². The number of aryl methyl sites for hydroxylation is 1. The second-order valence-electron chi connectivity index (χ2n) is 5.81. The molecular formula is C16H22F3NO. The fraction of sp³-hybridized carbons (Fsp3) is 0.625. The number of benzene rings is 1. The van der Waals surface area contributed by atoms with Gasteiger partial charge in [0.1, 0.15) is 6.61 Å². The maximum atomic E-state index is 12.2. The van der Waals surface area contributed by atoms with Gasteiger partial charge in [-0.25, -0.2) is 0 Å². The molecule has 1 N–H and O–H groups in total. The Balaban J connectivity index is 1.86. The molecule has 1 aromatic rings. The first-order valence-corrected chi connectivity index (χ1v) is 7.36. The molecule has 1 aliphatic rings. The molecule has 0 amide bonds. The fourth-order valence-electron chi connectivity index (χ4n) is 2.30. The van der Waals surface area contributed by atoms with Gasteiger partial charge in [0.2, 0.25) is 0 Å². The monoisotopic (exact) mass is 301 g/mol. The van der Waals surface area contributed by atoms with Gasteiger partial charge in [-0.1, -0.05) is 24.3 Å². The van der Waals surface area contributed by atoms with Crippen molar-refractivity contribution in [2.75, 3.05) is 19.8 Å². The van der Waals surface area contributed by atoms with Crippen LogP contribution >= 0.6 is 0 Å². The molecule has 1 saturated carbocycles. The summed E-state index contributed by atoms with van der Waals surface area (Å²) in [5.74, 6) is 0.0639. The average molecular weight is 301 g/mol. The summed E-state index contributed by atoms with van der Waals surface area (Å²) in [5.41, 5.74) is 2.35. The predicted octanol–water partition coefficient (Wildman–Crippen LogP) is 3.48. The van der Waals surface area contributed by atoms with Crippen LogP contribution < -0.4 is 5.32 Å². The highest BCUT2D eigenvalue weighted by molar-refractivity contribution is 5.26. The minimum atomic E-state index is -4.25. The average Bonchev–Trinajstić information content (AvgIpc) is 3.21. The van der Waals surface area contributed by atoms with Gasteiger partial charge < -0.3 is 10.1 Å². The summed E-state index contributed by atoms with van der Waals surface area (Å²) in [5, 5.41) is 3.38. The summed E-state index contributed by atoms with van der Waals surface area (Å²) in [6.07, 6.45) is -1.18. The predicted molar refractivity (Wildman–Crippen MR) is 76.3 cm³/mol. The quantitative estimate of drug-likeness (QED) is 0.793. The highest BCUT2D eigenvalue weighted by Crippen LogP contribution is 2.21. The first-order valence-electron chi connectivity index (χ1n) is 7.36. The normalized spacial score (nSPS) is 17.0. The lowest BCUT2D eigenvalue weighted by molar-refractivity contribution is -0.176. The topological polar surface area (TPSA) is 21.3 Å². The molecule has 0 saturated heterocycles. The van der Waals surface area contributed by atoms with Crippen LogP contribution in [0.25, 0.3) is 0 Å². The molecule has 0 aliphatic heterocycles. The number of halogens is 3. The number of alkyl halides is 3. The van der Waals surface area contributed by atoms with E-state index in [0.29, 0.717) is 12.6 Å². The van der Waals surface area contributed by atoms with Crippen molar-refractivity contribution >= 4 is 0 Å². The van der Waals surface area contributed by atoms with Crippen molar-refractivity contribution in [1.29, 1.82) is 0 Å². The first-order chi connectivity index (χ1) is 9.94. The van der Waals surface area contributed by atoms with E-state index in [1.165, 1.54) is 24.0 Å². The van der Waals surface area contributed by atoms with Gasteiger partial charge in [0.05, 0.1) is 6.61 Å². The summed E-state index contributed by atoms with van der Waals surface area (Å²) < 4.78 is 41.4. The molecule has 1 aromatic carbocycles. The van der Waals surface area contributed by atoms with E-state index in [0.717, 1.165) is 6.42 Å². The molecule has 0 radical (unpaired) electrons. The Bertz CT molecular complexity index is 443. The van der Waals surface area contributed by atoms with Crippen LogP contribution in [0.4, 0.5) is 13.2 Å². The van der Waals surface area contributed by atoms with Crippen LogP contribution in [-0.4, -0.2) is 32.0 Å². The second-order valence-corrected chi connectivity index (χ2v) is 5.81. The Kier molecular flexibility index (Phi) is 5.65. The zero-order valence-corrected chi connectivity index (χ0v) is 12.2. The van der Waals surface area contributed by atoms with Gasteiger partial charge >= 0.3 is 6.18 Å². The second kappa shape index (κ2) is 7.27. The van der Waals surface area contributed by atoms with Gasteiger partial charge in [0.15, 0.2) is 0 Å². The Hall–Kier alpha value is -1.07. The number of nitrogens with one attached hydrogen (secondary N) is 1.